The lowest BCUT2D eigenvalue weighted by Gasteiger charge is -2.23. The lowest BCUT2D eigenvalue weighted by Crippen LogP contribution is -2.42. The summed E-state index contributed by atoms with van der Waals surface area (Å²) in [5.41, 5.74) is 0.709. The Labute approximate surface area is 120 Å². The molecule has 1 aromatic heterocycles. The summed E-state index contributed by atoms with van der Waals surface area (Å²) in [5.74, 6) is -0.0904. The maximum absolute atomic E-state index is 11.8. The number of pyridine rings is 1. The molecule has 0 unspecified atom stereocenters. The summed E-state index contributed by atoms with van der Waals surface area (Å²) in [6.45, 7) is 8.20. The van der Waals surface area contributed by atoms with Crippen molar-refractivity contribution in [2.45, 2.75) is 46.2 Å². The number of amides is 2. The second-order valence-electron chi connectivity index (χ2n) is 5.85. The van der Waals surface area contributed by atoms with Gasteiger partial charge in [0.05, 0.1) is 0 Å². The summed E-state index contributed by atoms with van der Waals surface area (Å²) < 4.78 is 0. The summed E-state index contributed by atoms with van der Waals surface area (Å²) in [6.07, 6.45) is 3.72. The van der Waals surface area contributed by atoms with Crippen LogP contribution in [0.3, 0.4) is 0 Å². The van der Waals surface area contributed by atoms with E-state index in [2.05, 4.69) is 10.3 Å². The van der Waals surface area contributed by atoms with Gasteiger partial charge < -0.3 is 10.2 Å². The molecule has 1 heterocycles. The average Bonchev–Trinajstić information content (AvgIpc) is 2.33. The van der Waals surface area contributed by atoms with Crippen LogP contribution in [0.1, 0.15) is 39.7 Å². The van der Waals surface area contributed by atoms with Crippen LogP contribution in [0.2, 0.25) is 0 Å². The van der Waals surface area contributed by atoms with Crippen LogP contribution in [-0.4, -0.2) is 33.8 Å². The van der Waals surface area contributed by atoms with Crippen LogP contribution in [-0.2, 0) is 16.1 Å². The first kappa shape index (κ1) is 16.1. The molecular weight excluding hydrogens is 254 g/mol. The molecular formula is C15H23N3O2. The highest BCUT2D eigenvalue weighted by molar-refractivity contribution is 5.78. The van der Waals surface area contributed by atoms with Gasteiger partial charge >= 0.3 is 0 Å². The fraction of sp³-hybridized carbons (Fsp3) is 0.533. The predicted octanol–water partition coefficient (Wildman–Crippen LogP) is 1.73. The Kier molecular flexibility index (Phi) is 5.67. The summed E-state index contributed by atoms with van der Waals surface area (Å²) in [5, 5.41) is 2.89. The zero-order valence-electron chi connectivity index (χ0n) is 12.6. The molecule has 0 bridgehead atoms. The van der Waals surface area contributed by atoms with E-state index in [4.69, 9.17) is 0 Å². The topological polar surface area (TPSA) is 62.3 Å². The van der Waals surface area contributed by atoms with E-state index in [1.807, 2.05) is 32.9 Å². The zero-order chi connectivity index (χ0) is 15.2. The first-order valence-electron chi connectivity index (χ1n) is 6.73. The molecule has 0 saturated carbocycles. The molecule has 0 atom stereocenters. The van der Waals surface area contributed by atoms with Gasteiger partial charge in [-0.25, -0.2) is 0 Å². The van der Waals surface area contributed by atoms with Crippen molar-refractivity contribution in [1.82, 2.24) is 15.2 Å². The van der Waals surface area contributed by atoms with Gasteiger partial charge in [-0.3, -0.25) is 14.6 Å². The summed E-state index contributed by atoms with van der Waals surface area (Å²) in [7, 11) is 0. The molecule has 0 radical (unpaired) electrons. The molecule has 0 aliphatic heterocycles. The van der Waals surface area contributed by atoms with Gasteiger partial charge in [-0.05, 0) is 32.4 Å². The maximum Gasteiger partial charge on any atom is 0.222 e. The number of nitrogens with zero attached hydrogens (tertiary/aromatic N) is 2. The number of carbonyl (C=O) groups excluding carboxylic acids is 2. The van der Waals surface area contributed by atoms with Gasteiger partial charge in [0.25, 0.3) is 0 Å². The van der Waals surface area contributed by atoms with Gasteiger partial charge in [0.15, 0.2) is 0 Å². The summed E-state index contributed by atoms with van der Waals surface area (Å²) in [4.78, 5) is 29.1. The molecule has 1 N–H and O–H groups in total. The molecule has 0 aromatic carbocycles. The number of nitrogens with one attached hydrogen (secondary N) is 1. The highest BCUT2D eigenvalue weighted by Gasteiger charge is 2.16. The first-order chi connectivity index (χ1) is 9.28. The molecule has 20 heavy (non-hydrogen) atoms. The molecule has 5 heteroatoms. The fourth-order valence-corrected chi connectivity index (χ4v) is 1.78. The smallest absolute Gasteiger partial charge is 0.222 e. The number of carbonyl (C=O) groups is 2. The third-order valence-electron chi connectivity index (χ3n) is 2.66. The van der Waals surface area contributed by atoms with E-state index in [0.717, 1.165) is 5.56 Å². The Bertz CT molecular complexity index is 452. The van der Waals surface area contributed by atoms with Crippen LogP contribution in [0, 0.1) is 0 Å². The standard InChI is InChI=1S/C15H23N3O2/c1-12(19)18(11-13-6-5-8-16-10-13)9-7-14(20)17-15(2,3)4/h5-6,8,10H,7,9,11H2,1-4H3,(H,17,20). The van der Waals surface area contributed by atoms with Crippen molar-refractivity contribution < 1.29 is 9.59 Å². The van der Waals surface area contributed by atoms with Crippen molar-refractivity contribution >= 4 is 11.8 Å². The molecule has 0 aliphatic rings. The van der Waals surface area contributed by atoms with Crippen LogP contribution in [0.15, 0.2) is 24.5 Å². The summed E-state index contributed by atoms with van der Waals surface area (Å²) in [6, 6.07) is 3.75. The second kappa shape index (κ2) is 7.03. The molecule has 0 aliphatic carbocycles. The van der Waals surface area contributed by atoms with E-state index in [1.165, 1.54) is 6.92 Å². The van der Waals surface area contributed by atoms with Gasteiger partial charge in [0, 0.05) is 44.4 Å². The van der Waals surface area contributed by atoms with Crippen LogP contribution in [0.5, 0.6) is 0 Å². The molecule has 1 rings (SSSR count). The Morgan fingerprint density at radius 2 is 2.05 bits per heavy atom. The number of hydrogen-bond donors (Lipinski definition) is 1. The molecule has 5 nitrogen and oxygen atoms in total. The zero-order valence-corrected chi connectivity index (χ0v) is 12.6. The number of hydrogen-bond acceptors (Lipinski definition) is 3. The second-order valence-corrected chi connectivity index (χ2v) is 5.85. The van der Waals surface area contributed by atoms with Crippen molar-refractivity contribution in [3.05, 3.63) is 30.1 Å². The Hall–Kier alpha value is -1.91. The van der Waals surface area contributed by atoms with Gasteiger partial charge in [-0.2, -0.15) is 0 Å². The van der Waals surface area contributed by atoms with E-state index < -0.39 is 0 Å². The van der Waals surface area contributed by atoms with Crippen molar-refractivity contribution in [3.63, 3.8) is 0 Å². The van der Waals surface area contributed by atoms with Crippen LogP contribution in [0.4, 0.5) is 0 Å². The lowest BCUT2D eigenvalue weighted by molar-refractivity contribution is -0.130. The highest BCUT2D eigenvalue weighted by atomic mass is 16.2. The minimum atomic E-state index is -0.249. The quantitative estimate of drug-likeness (QED) is 0.891. The van der Waals surface area contributed by atoms with Crippen molar-refractivity contribution in [2.75, 3.05) is 6.54 Å². The third-order valence-corrected chi connectivity index (χ3v) is 2.66. The largest absolute Gasteiger partial charge is 0.351 e. The third kappa shape index (κ3) is 6.31. The van der Waals surface area contributed by atoms with Gasteiger partial charge in [-0.1, -0.05) is 6.07 Å². The molecule has 2 amide bonds. The van der Waals surface area contributed by atoms with E-state index in [9.17, 15) is 9.59 Å². The Morgan fingerprint density at radius 3 is 2.55 bits per heavy atom. The highest BCUT2D eigenvalue weighted by Crippen LogP contribution is 2.05. The van der Waals surface area contributed by atoms with E-state index in [0.29, 0.717) is 19.5 Å². The van der Waals surface area contributed by atoms with E-state index >= 15 is 0 Å². The van der Waals surface area contributed by atoms with Crippen LogP contribution in [0.25, 0.3) is 0 Å². The van der Waals surface area contributed by atoms with Gasteiger partial charge in [0.2, 0.25) is 11.8 Å². The number of rotatable bonds is 5. The van der Waals surface area contributed by atoms with Crippen molar-refractivity contribution in [3.8, 4) is 0 Å². The first-order valence-corrected chi connectivity index (χ1v) is 6.73. The van der Waals surface area contributed by atoms with E-state index in [-0.39, 0.29) is 17.4 Å². The molecule has 1 aromatic rings. The number of aromatic nitrogens is 1. The predicted molar refractivity (Wildman–Crippen MR) is 77.8 cm³/mol. The normalized spacial score (nSPS) is 11.0. The van der Waals surface area contributed by atoms with Crippen molar-refractivity contribution in [1.29, 1.82) is 0 Å². The Balaban J connectivity index is 2.52. The molecule has 110 valence electrons. The minimum Gasteiger partial charge on any atom is -0.351 e. The monoisotopic (exact) mass is 277 g/mol. The van der Waals surface area contributed by atoms with Gasteiger partial charge in [-0.15, -0.1) is 0 Å². The van der Waals surface area contributed by atoms with Crippen molar-refractivity contribution in [2.24, 2.45) is 0 Å². The lowest BCUT2D eigenvalue weighted by atomic mass is 10.1. The minimum absolute atomic E-state index is 0.0441. The average molecular weight is 277 g/mol. The van der Waals surface area contributed by atoms with Crippen LogP contribution >= 0.6 is 0 Å². The van der Waals surface area contributed by atoms with Gasteiger partial charge in [0.1, 0.15) is 0 Å². The molecule has 0 spiro atoms. The Morgan fingerprint density at radius 1 is 1.35 bits per heavy atom. The van der Waals surface area contributed by atoms with Crippen LogP contribution < -0.4 is 5.32 Å². The molecule has 0 saturated heterocycles. The van der Waals surface area contributed by atoms with E-state index in [1.54, 1.807) is 17.3 Å². The molecule has 0 fully saturated rings. The fourth-order valence-electron chi connectivity index (χ4n) is 1.78. The SMILES string of the molecule is CC(=O)N(CCC(=O)NC(C)(C)C)Cc1cccnc1. The summed E-state index contributed by atoms with van der Waals surface area (Å²) >= 11 is 0. The maximum atomic E-state index is 11.8.